The van der Waals surface area contributed by atoms with Crippen LogP contribution in [0.4, 0.5) is 5.82 Å². The SMILES string of the molecule is CCOCCN(C)c1cc(CNC(C)(C)C)c(Cl)cn1. The summed E-state index contributed by atoms with van der Waals surface area (Å²) < 4.78 is 5.36. The van der Waals surface area contributed by atoms with Crippen LogP contribution in [-0.2, 0) is 11.3 Å². The summed E-state index contributed by atoms with van der Waals surface area (Å²) in [5, 5.41) is 4.14. The van der Waals surface area contributed by atoms with E-state index in [2.05, 4.69) is 36.0 Å². The van der Waals surface area contributed by atoms with Gasteiger partial charge in [0.1, 0.15) is 5.82 Å². The minimum Gasteiger partial charge on any atom is -0.380 e. The van der Waals surface area contributed by atoms with Gasteiger partial charge < -0.3 is 15.0 Å². The molecular weight excluding hydrogens is 274 g/mol. The fourth-order valence-electron chi connectivity index (χ4n) is 1.63. The number of nitrogens with one attached hydrogen (secondary N) is 1. The van der Waals surface area contributed by atoms with Crippen LogP contribution in [0.15, 0.2) is 12.3 Å². The number of ether oxygens (including phenoxy) is 1. The third-order valence-corrected chi connectivity index (χ3v) is 3.24. The number of likely N-dealkylation sites (N-methyl/N-ethyl adjacent to an activating group) is 1. The number of halogens is 1. The van der Waals surface area contributed by atoms with E-state index in [0.29, 0.717) is 11.6 Å². The van der Waals surface area contributed by atoms with Crippen LogP contribution in [0, 0.1) is 0 Å². The largest absolute Gasteiger partial charge is 0.380 e. The van der Waals surface area contributed by atoms with Gasteiger partial charge in [-0.25, -0.2) is 4.98 Å². The lowest BCUT2D eigenvalue weighted by Gasteiger charge is -2.22. The van der Waals surface area contributed by atoms with E-state index in [1.54, 1.807) is 6.20 Å². The van der Waals surface area contributed by atoms with Gasteiger partial charge >= 0.3 is 0 Å². The number of pyridine rings is 1. The molecule has 0 bridgehead atoms. The van der Waals surface area contributed by atoms with E-state index >= 15 is 0 Å². The Morgan fingerprint density at radius 1 is 1.40 bits per heavy atom. The zero-order chi connectivity index (χ0) is 15.2. The number of aromatic nitrogens is 1. The Balaban J connectivity index is 2.69. The molecule has 0 unspecified atom stereocenters. The monoisotopic (exact) mass is 299 g/mol. The summed E-state index contributed by atoms with van der Waals surface area (Å²) in [4.78, 5) is 6.45. The van der Waals surface area contributed by atoms with E-state index in [0.717, 1.165) is 31.1 Å². The van der Waals surface area contributed by atoms with E-state index in [1.165, 1.54) is 0 Å². The van der Waals surface area contributed by atoms with Gasteiger partial charge in [-0.3, -0.25) is 0 Å². The molecule has 1 aromatic rings. The lowest BCUT2D eigenvalue weighted by Crippen LogP contribution is -2.35. The molecule has 0 saturated heterocycles. The molecule has 1 rings (SSSR count). The fraction of sp³-hybridized carbons (Fsp3) is 0.667. The van der Waals surface area contributed by atoms with Gasteiger partial charge in [0.2, 0.25) is 0 Å². The zero-order valence-electron chi connectivity index (χ0n) is 13.2. The molecule has 20 heavy (non-hydrogen) atoms. The normalized spacial score (nSPS) is 11.7. The van der Waals surface area contributed by atoms with Crippen molar-refractivity contribution in [3.05, 3.63) is 22.8 Å². The van der Waals surface area contributed by atoms with Gasteiger partial charge in [0, 0.05) is 38.5 Å². The number of hydrogen-bond donors (Lipinski definition) is 1. The van der Waals surface area contributed by atoms with Crippen molar-refractivity contribution in [1.29, 1.82) is 0 Å². The van der Waals surface area contributed by atoms with Gasteiger partial charge in [-0.2, -0.15) is 0 Å². The summed E-state index contributed by atoms with van der Waals surface area (Å²) in [6.45, 7) is 11.4. The van der Waals surface area contributed by atoms with E-state index in [9.17, 15) is 0 Å². The molecular formula is C15H26ClN3O. The minimum absolute atomic E-state index is 0.0631. The summed E-state index contributed by atoms with van der Waals surface area (Å²) in [5.41, 5.74) is 1.13. The maximum atomic E-state index is 6.21. The van der Waals surface area contributed by atoms with E-state index < -0.39 is 0 Å². The molecule has 0 atom stereocenters. The summed E-state index contributed by atoms with van der Waals surface area (Å²) in [7, 11) is 2.01. The molecule has 0 fully saturated rings. The van der Waals surface area contributed by atoms with Crippen molar-refractivity contribution in [3.63, 3.8) is 0 Å². The highest BCUT2D eigenvalue weighted by atomic mass is 35.5. The molecule has 0 saturated carbocycles. The predicted octanol–water partition coefficient (Wildman–Crippen LogP) is 3.10. The van der Waals surface area contributed by atoms with Crippen molar-refractivity contribution in [3.8, 4) is 0 Å². The smallest absolute Gasteiger partial charge is 0.128 e. The first-order valence-corrected chi connectivity index (χ1v) is 7.39. The Bertz CT molecular complexity index is 418. The van der Waals surface area contributed by atoms with Crippen LogP contribution in [0.5, 0.6) is 0 Å². The van der Waals surface area contributed by atoms with Crippen LogP contribution >= 0.6 is 11.6 Å². The Labute approximate surface area is 127 Å². The van der Waals surface area contributed by atoms with Crippen molar-refractivity contribution in [2.75, 3.05) is 31.7 Å². The molecule has 0 spiro atoms. The summed E-state index contributed by atoms with van der Waals surface area (Å²) in [6.07, 6.45) is 1.72. The van der Waals surface area contributed by atoms with Gasteiger partial charge in [0.15, 0.2) is 0 Å². The molecule has 0 aromatic carbocycles. The van der Waals surface area contributed by atoms with Crippen molar-refractivity contribution >= 4 is 17.4 Å². The first-order valence-electron chi connectivity index (χ1n) is 7.02. The van der Waals surface area contributed by atoms with Crippen LogP contribution in [0.2, 0.25) is 5.02 Å². The maximum absolute atomic E-state index is 6.21. The standard InChI is InChI=1S/C15H26ClN3O/c1-6-20-8-7-19(5)14-9-12(13(16)11-17-14)10-18-15(2,3)4/h9,11,18H,6-8,10H2,1-5H3. The molecule has 1 aromatic heterocycles. The predicted molar refractivity (Wildman–Crippen MR) is 85.6 cm³/mol. The second-order valence-corrected chi connectivity index (χ2v) is 6.26. The molecule has 0 radical (unpaired) electrons. The van der Waals surface area contributed by atoms with Crippen molar-refractivity contribution in [2.24, 2.45) is 0 Å². The summed E-state index contributed by atoms with van der Waals surface area (Å²) >= 11 is 6.21. The second kappa shape index (κ2) is 7.81. The van der Waals surface area contributed by atoms with Gasteiger partial charge in [-0.1, -0.05) is 11.6 Å². The molecule has 0 amide bonds. The van der Waals surface area contributed by atoms with E-state index in [4.69, 9.17) is 16.3 Å². The Morgan fingerprint density at radius 2 is 2.10 bits per heavy atom. The number of nitrogens with zero attached hydrogens (tertiary/aromatic N) is 2. The maximum Gasteiger partial charge on any atom is 0.128 e. The highest BCUT2D eigenvalue weighted by Crippen LogP contribution is 2.20. The lowest BCUT2D eigenvalue weighted by molar-refractivity contribution is 0.154. The quantitative estimate of drug-likeness (QED) is 0.785. The first-order chi connectivity index (χ1) is 9.33. The van der Waals surface area contributed by atoms with Gasteiger partial charge in [-0.05, 0) is 39.3 Å². The van der Waals surface area contributed by atoms with Gasteiger partial charge in [0.05, 0.1) is 11.6 Å². The summed E-state index contributed by atoms with van der Waals surface area (Å²) in [5.74, 6) is 0.916. The molecule has 5 heteroatoms. The van der Waals surface area contributed by atoms with Gasteiger partial charge in [0.25, 0.3) is 0 Å². The Kier molecular flexibility index (Phi) is 6.72. The van der Waals surface area contributed by atoms with E-state index in [-0.39, 0.29) is 5.54 Å². The van der Waals surface area contributed by atoms with Crippen molar-refractivity contribution in [1.82, 2.24) is 10.3 Å². The van der Waals surface area contributed by atoms with Crippen LogP contribution in [0.1, 0.15) is 33.3 Å². The third-order valence-electron chi connectivity index (χ3n) is 2.90. The van der Waals surface area contributed by atoms with Crippen LogP contribution in [-0.4, -0.2) is 37.3 Å². The van der Waals surface area contributed by atoms with Gasteiger partial charge in [-0.15, -0.1) is 0 Å². The van der Waals surface area contributed by atoms with Crippen LogP contribution in [0.25, 0.3) is 0 Å². The average molecular weight is 300 g/mol. The molecule has 4 nitrogen and oxygen atoms in total. The van der Waals surface area contributed by atoms with E-state index in [1.807, 2.05) is 20.0 Å². The number of anilines is 1. The molecule has 0 aliphatic carbocycles. The summed E-state index contributed by atoms with van der Waals surface area (Å²) in [6, 6.07) is 2.03. The average Bonchev–Trinajstić information content (AvgIpc) is 2.37. The lowest BCUT2D eigenvalue weighted by atomic mass is 10.1. The molecule has 0 aliphatic rings. The highest BCUT2D eigenvalue weighted by molar-refractivity contribution is 6.31. The first kappa shape index (κ1) is 17.2. The zero-order valence-corrected chi connectivity index (χ0v) is 13.9. The number of hydrogen-bond acceptors (Lipinski definition) is 4. The Morgan fingerprint density at radius 3 is 2.70 bits per heavy atom. The fourth-order valence-corrected chi connectivity index (χ4v) is 1.80. The molecule has 0 aliphatic heterocycles. The minimum atomic E-state index is 0.0631. The van der Waals surface area contributed by atoms with Crippen molar-refractivity contribution in [2.45, 2.75) is 39.8 Å². The number of rotatable bonds is 7. The third kappa shape index (κ3) is 6.07. The van der Waals surface area contributed by atoms with Crippen LogP contribution in [0.3, 0.4) is 0 Å². The topological polar surface area (TPSA) is 37.4 Å². The highest BCUT2D eigenvalue weighted by Gasteiger charge is 2.12. The van der Waals surface area contributed by atoms with Crippen molar-refractivity contribution < 1.29 is 4.74 Å². The second-order valence-electron chi connectivity index (χ2n) is 5.86. The molecule has 1 N–H and O–H groups in total. The van der Waals surface area contributed by atoms with Crippen LogP contribution < -0.4 is 10.2 Å². The Hall–Kier alpha value is -0.840. The molecule has 114 valence electrons. The molecule has 1 heterocycles.